The zero-order chi connectivity index (χ0) is 19.9. The van der Waals surface area contributed by atoms with E-state index in [4.69, 9.17) is 10.5 Å². The van der Waals surface area contributed by atoms with Crippen molar-refractivity contribution in [2.75, 3.05) is 5.73 Å². The first-order chi connectivity index (χ1) is 13.5. The summed E-state index contributed by atoms with van der Waals surface area (Å²) in [5.74, 6) is 0.468. The Labute approximate surface area is 168 Å². The third kappa shape index (κ3) is 5.17. The number of nitrogens with two attached hydrogens (primary N) is 1. The third-order valence-corrected chi connectivity index (χ3v) is 4.93. The summed E-state index contributed by atoms with van der Waals surface area (Å²) in [4.78, 5) is 16.8. The van der Waals surface area contributed by atoms with Crippen LogP contribution in [0.15, 0.2) is 53.6 Å². The number of ether oxygens (including phenoxy) is 1. The summed E-state index contributed by atoms with van der Waals surface area (Å²) >= 11 is 1.16. The summed E-state index contributed by atoms with van der Waals surface area (Å²) in [6, 6.07) is 15.7. The van der Waals surface area contributed by atoms with Gasteiger partial charge in [0, 0.05) is 0 Å². The molecule has 3 N–H and O–H groups in total. The van der Waals surface area contributed by atoms with Gasteiger partial charge in [-0.1, -0.05) is 48.1 Å². The monoisotopic (exact) mass is 394 g/mol. The number of nitrogen functional groups attached to an aromatic ring is 1. The molecule has 0 bridgehead atoms. The predicted octanol–water partition coefficient (Wildman–Crippen LogP) is 3.94. The molecule has 0 spiro atoms. The molecule has 1 amide bonds. The first kappa shape index (κ1) is 19.6. The lowest BCUT2D eigenvalue weighted by molar-refractivity contribution is 0.0958. The topological polar surface area (TPSA) is 89.6 Å². The van der Waals surface area contributed by atoms with Crippen molar-refractivity contribution in [2.24, 2.45) is 5.10 Å². The number of nitrogens with one attached hydrogen (secondary N) is 1. The lowest BCUT2D eigenvalue weighted by atomic mass is 10.1. The van der Waals surface area contributed by atoms with Crippen LogP contribution >= 0.6 is 11.3 Å². The molecule has 0 fully saturated rings. The quantitative estimate of drug-likeness (QED) is 0.469. The smallest absolute Gasteiger partial charge is 0.283 e. The summed E-state index contributed by atoms with van der Waals surface area (Å²) in [5, 5.41) is 4.39. The predicted molar refractivity (Wildman–Crippen MR) is 113 cm³/mol. The van der Waals surface area contributed by atoms with Gasteiger partial charge >= 0.3 is 0 Å². The average Bonchev–Trinajstić information content (AvgIpc) is 3.08. The number of hydrazone groups is 1. The number of aromatic nitrogens is 1. The molecule has 7 heteroatoms. The number of carbonyl (C=O) groups excluding carboxylic acids is 1. The van der Waals surface area contributed by atoms with Crippen molar-refractivity contribution in [3.05, 3.63) is 75.8 Å². The van der Waals surface area contributed by atoms with E-state index in [1.807, 2.05) is 43.3 Å². The van der Waals surface area contributed by atoms with Crippen molar-refractivity contribution in [3.8, 4) is 5.75 Å². The van der Waals surface area contributed by atoms with Crippen molar-refractivity contribution in [2.45, 2.75) is 26.9 Å². The third-order valence-electron chi connectivity index (χ3n) is 4.00. The molecule has 0 atom stereocenters. The summed E-state index contributed by atoms with van der Waals surface area (Å²) in [7, 11) is 0. The average molecular weight is 395 g/mol. The van der Waals surface area contributed by atoms with Gasteiger partial charge in [-0.25, -0.2) is 10.4 Å². The van der Waals surface area contributed by atoms with E-state index in [-0.39, 0.29) is 5.91 Å². The highest BCUT2D eigenvalue weighted by atomic mass is 32.1. The molecule has 6 nitrogen and oxygen atoms in total. The number of thiazole rings is 1. The van der Waals surface area contributed by atoms with Crippen LogP contribution in [0.1, 0.15) is 39.0 Å². The fourth-order valence-electron chi connectivity index (χ4n) is 2.62. The molecule has 1 aromatic heterocycles. The number of anilines is 1. The standard InChI is InChI=1S/C21H22N4O2S/c1-3-18-19(28-21(22)24-18)20(26)25-23-12-15-7-9-17(10-8-15)27-13-16-6-4-5-14(2)11-16/h4-12H,3,13H2,1-2H3,(H2,22,24)(H,25,26)/b23-12+. The summed E-state index contributed by atoms with van der Waals surface area (Å²) in [6.45, 7) is 4.50. The van der Waals surface area contributed by atoms with Crippen molar-refractivity contribution in [1.82, 2.24) is 10.4 Å². The van der Waals surface area contributed by atoms with Gasteiger partial charge in [0.25, 0.3) is 5.91 Å². The van der Waals surface area contributed by atoms with Gasteiger partial charge in [0.05, 0.1) is 11.9 Å². The van der Waals surface area contributed by atoms with E-state index in [1.54, 1.807) is 6.21 Å². The van der Waals surface area contributed by atoms with Crippen molar-refractivity contribution < 1.29 is 9.53 Å². The molecule has 0 aliphatic carbocycles. The first-order valence-corrected chi connectivity index (χ1v) is 9.73. The van der Waals surface area contributed by atoms with Gasteiger partial charge in [-0.15, -0.1) is 0 Å². The van der Waals surface area contributed by atoms with Crippen LogP contribution in [0.2, 0.25) is 0 Å². The summed E-state index contributed by atoms with van der Waals surface area (Å²) in [6.07, 6.45) is 2.22. The highest BCUT2D eigenvalue weighted by Crippen LogP contribution is 2.20. The Morgan fingerprint density at radius 2 is 2.07 bits per heavy atom. The van der Waals surface area contributed by atoms with E-state index in [0.717, 1.165) is 28.2 Å². The maximum absolute atomic E-state index is 12.2. The maximum atomic E-state index is 12.2. The van der Waals surface area contributed by atoms with Gasteiger partial charge in [0.1, 0.15) is 17.2 Å². The minimum absolute atomic E-state index is 0.305. The molecule has 0 aliphatic heterocycles. The minimum atomic E-state index is -0.305. The van der Waals surface area contributed by atoms with Crippen LogP contribution in [0, 0.1) is 6.92 Å². The Morgan fingerprint density at radius 1 is 1.29 bits per heavy atom. The Balaban J connectivity index is 1.54. The molecule has 0 unspecified atom stereocenters. The van der Waals surface area contributed by atoms with Crippen LogP contribution < -0.4 is 15.9 Å². The molecule has 28 heavy (non-hydrogen) atoms. The fraction of sp³-hybridized carbons (Fsp3) is 0.190. The normalized spacial score (nSPS) is 10.9. The number of hydrogen-bond donors (Lipinski definition) is 2. The highest BCUT2D eigenvalue weighted by Gasteiger charge is 2.15. The molecule has 0 saturated carbocycles. The van der Waals surface area contributed by atoms with Gasteiger partial charge in [0.2, 0.25) is 0 Å². The fourth-order valence-corrected chi connectivity index (χ4v) is 3.43. The Morgan fingerprint density at radius 3 is 2.79 bits per heavy atom. The lowest BCUT2D eigenvalue weighted by Gasteiger charge is -2.07. The van der Waals surface area contributed by atoms with Gasteiger partial charge < -0.3 is 10.5 Å². The molecule has 1 heterocycles. The Bertz CT molecular complexity index is 980. The molecule has 3 rings (SSSR count). The van der Waals surface area contributed by atoms with E-state index in [0.29, 0.717) is 28.7 Å². The van der Waals surface area contributed by atoms with Crippen LogP contribution in [0.4, 0.5) is 5.13 Å². The van der Waals surface area contributed by atoms with Gasteiger partial charge in [-0.05, 0) is 48.7 Å². The van der Waals surface area contributed by atoms with Gasteiger partial charge in [0.15, 0.2) is 5.13 Å². The second-order valence-electron chi connectivity index (χ2n) is 6.23. The molecule has 0 radical (unpaired) electrons. The number of benzene rings is 2. The molecule has 3 aromatic rings. The molecule has 0 saturated heterocycles. The Hall–Kier alpha value is -3.19. The van der Waals surface area contributed by atoms with E-state index >= 15 is 0 Å². The van der Waals surface area contributed by atoms with Gasteiger partial charge in [-0.2, -0.15) is 5.10 Å². The van der Waals surface area contributed by atoms with Crippen LogP contribution in [-0.4, -0.2) is 17.1 Å². The van der Waals surface area contributed by atoms with Crippen LogP contribution in [-0.2, 0) is 13.0 Å². The van der Waals surface area contributed by atoms with Crippen molar-refractivity contribution >= 4 is 28.6 Å². The minimum Gasteiger partial charge on any atom is -0.489 e. The van der Waals surface area contributed by atoms with Crippen molar-refractivity contribution in [3.63, 3.8) is 0 Å². The summed E-state index contributed by atoms with van der Waals surface area (Å²) in [5.41, 5.74) is 12.1. The molecule has 2 aromatic carbocycles. The lowest BCUT2D eigenvalue weighted by Crippen LogP contribution is -2.17. The molecule has 144 valence electrons. The van der Waals surface area contributed by atoms with Crippen LogP contribution in [0.25, 0.3) is 0 Å². The van der Waals surface area contributed by atoms with Crippen LogP contribution in [0.5, 0.6) is 5.75 Å². The number of rotatable bonds is 7. The second-order valence-corrected chi connectivity index (χ2v) is 7.26. The number of amides is 1. The van der Waals surface area contributed by atoms with E-state index in [9.17, 15) is 4.79 Å². The van der Waals surface area contributed by atoms with E-state index in [1.165, 1.54) is 5.56 Å². The number of aryl methyl sites for hydroxylation is 2. The zero-order valence-corrected chi connectivity index (χ0v) is 16.6. The number of carbonyl (C=O) groups is 1. The highest BCUT2D eigenvalue weighted by molar-refractivity contribution is 7.17. The number of nitrogens with zero attached hydrogens (tertiary/aromatic N) is 2. The Kier molecular flexibility index (Phi) is 6.39. The molecule has 0 aliphatic rings. The van der Waals surface area contributed by atoms with E-state index < -0.39 is 0 Å². The zero-order valence-electron chi connectivity index (χ0n) is 15.8. The second kappa shape index (κ2) is 9.14. The number of hydrogen-bond acceptors (Lipinski definition) is 6. The first-order valence-electron chi connectivity index (χ1n) is 8.92. The summed E-state index contributed by atoms with van der Waals surface area (Å²) < 4.78 is 5.80. The van der Waals surface area contributed by atoms with Crippen molar-refractivity contribution in [1.29, 1.82) is 0 Å². The SMILES string of the molecule is CCc1nc(N)sc1C(=O)N/N=C/c1ccc(OCc2cccc(C)c2)cc1. The van der Waals surface area contributed by atoms with Crippen LogP contribution in [0.3, 0.4) is 0 Å². The molecular formula is C21H22N4O2S. The van der Waals surface area contributed by atoms with Gasteiger partial charge in [-0.3, -0.25) is 4.79 Å². The van der Waals surface area contributed by atoms with E-state index in [2.05, 4.69) is 34.6 Å². The largest absolute Gasteiger partial charge is 0.489 e. The maximum Gasteiger partial charge on any atom is 0.283 e. The molecular weight excluding hydrogens is 372 g/mol.